The molecule has 3 N–H and O–H groups in total. The van der Waals surface area contributed by atoms with Crippen LogP contribution in [-0.2, 0) is 6.42 Å². The molecule has 3 rings (SSSR count). The number of nitrogens with one attached hydrogen (secondary N) is 1. The van der Waals surface area contributed by atoms with Gasteiger partial charge in [-0.25, -0.2) is 5.43 Å². The van der Waals surface area contributed by atoms with E-state index in [-0.39, 0.29) is 6.04 Å². The fourth-order valence-corrected chi connectivity index (χ4v) is 2.75. The van der Waals surface area contributed by atoms with Crippen LogP contribution in [0.25, 0.3) is 11.0 Å². The molecule has 1 atom stereocenters. The van der Waals surface area contributed by atoms with Crippen molar-refractivity contribution < 1.29 is 4.42 Å². The Kier molecular flexibility index (Phi) is 4.31. The standard InChI is InChI=1S/C16H14BrClN2O/c17-12-3-1-10(2-4-12)7-14(20-19)16-9-11-8-13(18)5-6-15(11)21-16/h1-6,8-9,14,20H,7,19H2. The minimum Gasteiger partial charge on any atom is -0.459 e. The quantitative estimate of drug-likeness (QED) is 0.525. The highest BCUT2D eigenvalue weighted by atomic mass is 79.9. The summed E-state index contributed by atoms with van der Waals surface area (Å²) in [5, 5.41) is 1.67. The minimum atomic E-state index is -0.0858. The lowest BCUT2D eigenvalue weighted by Crippen LogP contribution is -2.29. The molecule has 0 spiro atoms. The minimum absolute atomic E-state index is 0.0858. The maximum Gasteiger partial charge on any atom is 0.134 e. The van der Waals surface area contributed by atoms with E-state index in [0.717, 1.165) is 27.6 Å². The average Bonchev–Trinajstić information content (AvgIpc) is 2.89. The molecule has 5 heteroatoms. The number of fused-ring (bicyclic) bond motifs is 1. The predicted octanol–water partition coefficient (Wildman–Crippen LogP) is 4.60. The van der Waals surface area contributed by atoms with E-state index in [4.69, 9.17) is 21.9 Å². The van der Waals surface area contributed by atoms with Gasteiger partial charge in [-0.1, -0.05) is 39.7 Å². The molecule has 0 aliphatic heterocycles. The van der Waals surface area contributed by atoms with Crippen LogP contribution in [-0.4, -0.2) is 0 Å². The summed E-state index contributed by atoms with van der Waals surface area (Å²) in [4.78, 5) is 0. The van der Waals surface area contributed by atoms with E-state index >= 15 is 0 Å². The maximum atomic E-state index is 6.00. The summed E-state index contributed by atoms with van der Waals surface area (Å²) in [5.41, 5.74) is 4.81. The number of benzene rings is 2. The van der Waals surface area contributed by atoms with Crippen LogP contribution in [0.5, 0.6) is 0 Å². The Morgan fingerprint density at radius 3 is 2.62 bits per heavy atom. The van der Waals surface area contributed by atoms with Gasteiger partial charge in [-0.3, -0.25) is 5.84 Å². The van der Waals surface area contributed by atoms with Gasteiger partial charge in [0.1, 0.15) is 11.3 Å². The number of rotatable bonds is 4. The third-order valence-electron chi connectivity index (χ3n) is 3.40. The van der Waals surface area contributed by atoms with Crippen molar-refractivity contribution in [2.75, 3.05) is 0 Å². The Hall–Kier alpha value is -1.33. The molecule has 1 heterocycles. The van der Waals surface area contributed by atoms with E-state index in [1.807, 2.05) is 36.4 Å². The molecule has 0 aliphatic carbocycles. The number of hydrazine groups is 1. The van der Waals surface area contributed by atoms with Crippen LogP contribution in [0.2, 0.25) is 5.02 Å². The Labute approximate surface area is 136 Å². The highest BCUT2D eigenvalue weighted by Crippen LogP contribution is 2.28. The fraction of sp³-hybridized carbons (Fsp3) is 0.125. The van der Waals surface area contributed by atoms with Gasteiger partial charge in [0.2, 0.25) is 0 Å². The van der Waals surface area contributed by atoms with Crippen molar-refractivity contribution in [3.63, 3.8) is 0 Å². The lowest BCUT2D eigenvalue weighted by Gasteiger charge is -2.13. The second-order valence-electron chi connectivity index (χ2n) is 4.88. The van der Waals surface area contributed by atoms with E-state index < -0.39 is 0 Å². The molecule has 108 valence electrons. The first-order chi connectivity index (χ1) is 10.2. The molecule has 0 radical (unpaired) electrons. The number of hydrogen-bond acceptors (Lipinski definition) is 3. The molecule has 0 fully saturated rings. The van der Waals surface area contributed by atoms with Crippen molar-refractivity contribution in [2.45, 2.75) is 12.5 Å². The van der Waals surface area contributed by atoms with Crippen LogP contribution in [0.1, 0.15) is 17.4 Å². The molecule has 2 aromatic carbocycles. The SMILES string of the molecule is NNC(Cc1ccc(Br)cc1)c1cc2cc(Cl)ccc2o1. The summed E-state index contributed by atoms with van der Waals surface area (Å²) in [7, 11) is 0. The highest BCUT2D eigenvalue weighted by Gasteiger charge is 2.16. The Bertz CT molecular complexity index is 755. The summed E-state index contributed by atoms with van der Waals surface area (Å²) in [6.45, 7) is 0. The van der Waals surface area contributed by atoms with E-state index in [1.54, 1.807) is 0 Å². The van der Waals surface area contributed by atoms with Gasteiger partial charge in [-0.15, -0.1) is 0 Å². The Balaban J connectivity index is 1.88. The molecule has 0 saturated carbocycles. The summed E-state index contributed by atoms with van der Waals surface area (Å²) in [5.74, 6) is 6.49. The number of nitrogens with two attached hydrogens (primary N) is 1. The van der Waals surface area contributed by atoms with Crippen molar-refractivity contribution in [1.29, 1.82) is 0 Å². The van der Waals surface area contributed by atoms with Crippen LogP contribution in [0.3, 0.4) is 0 Å². The van der Waals surface area contributed by atoms with Crippen LogP contribution < -0.4 is 11.3 Å². The van der Waals surface area contributed by atoms with Gasteiger partial charge >= 0.3 is 0 Å². The van der Waals surface area contributed by atoms with Gasteiger partial charge in [0.25, 0.3) is 0 Å². The van der Waals surface area contributed by atoms with Crippen LogP contribution >= 0.6 is 27.5 Å². The third-order valence-corrected chi connectivity index (χ3v) is 4.16. The van der Waals surface area contributed by atoms with E-state index in [1.165, 1.54) is 5.56 Å². The molecule has 3 aromatic rings. The monoisotopic (exact) mass is 364 g/mol. The maximum absolute atomic E-state index is 6.00. The van der Waals surface area contributed by atoms with Crippen LogP contribution in [0.4, 0.5) is 0 Å². The summed E-state index contributed by atoms with van der Waals surface area (Å²) < 4.78 is 6.92. The first-order valence-electron chi connectivity index (χ1n) is 6.55. The van der Waals surface area contributed by atoms with Gasteiger partial charge < -0.3 is 4.42 Å². The largest absolute Gasteiger partial charge is 0.459 e. The first-order valence-corrected chi connectivity index (χ1v) is 7.72. The van der Waals surface area contributed by atoms with Crippen LogP contribution in [0, 0.1) is 0 Å². The molecule has 3 nitrogen and oxygen atoms in total. The Morgan fingerprint density at radius 1 is 1.14 bits per heavy atom. The molecule has 0 saturated heterocycles. The van der Waals surface area contributed by atoms with Gasteiger partial charge in [-0.2, -0.15) is 0 Å². The van der Waals surface area contributed by atoms with Gasteiger partial charge in [0, 0.05) is 14.9 Å². The second-order valence-corrected chi connectivity index (χ2v) is 6.23. The number of furan rings is 1. The average molecular weight is 366 g/mol. The molecule has 0 bridgehead atoms. The highest BCUT2D eigenvalue weighted by molar-refractivity contribution is 9.10. The zero-order valence-corrected chi connectivity index (χ0v) is 13.5. The van der Waals surface area contributed by atoms with Crippen molar-refractivity contribution in [3.8, 4) is 0 Å². The number of halogens is 2. The summed E-state index contributed by atoms with van der Waals surface area (Å²) in [6, 6.07) is 15.6. The Morgan fingerprint density at radius 2 is 1.90 bits per heavy atom. The molecule has 0 aliphatic rings. The lowest BCUT2D eigenvalue weighted by atomic mass is 10.0. The zero-order chi connectivity index (χ0) is 14.8. The smallest absolute Gasteiger partial charge is 0.134 e. The van der Waals surface area contributed by atoms with E-state index in [2.05, 4.69) is 33.5 Å². The normalized spacial score (nSPS) is 12.7. The molecule has 1 unspecified atom stereocenters. The van der Waals surface area contributed by atoms with Crippen molar-refractivity contribution in [2.24, 2.45) is 5.84 Å². The topological polar surface area (TPSA) is 51.2 Å². The fourth-order valence-electron chi connectivity index (χ4n) is 2.30. The molecule has 21 heavy (non-hydrogen) atoms. The van der Waals surface area contributed by atoms with Gasteiger partial charge in [0.05, 0.1) is 6.04 Å². The summed E-state index contributed by atoms with van der Waals surface area (Å²) >= 11 is 9.43. The second kappa shape index (κ2) is 6.20. The molecular formula is C16H14BrClN2O. The zero-order valence-electron chi connectivity index (χ0n) is 11.1. The predicted molar refractivity (Wildman–Crippen MR) is 89.1 cm³/mol. The van der Waals surface area contributed by atoms with E-state index in [0.29, 0.717) is 5.02 Å². The van der Waals surface area contributed by atoms with Crippen molar-refractivity contribution in [3.05, 3.63) is 69.3 Å². The molecule has 1 aromatic heterocycles. The van der Waals surface area contributed by atoms with Crippen LogP contribution in [0.15, 0.2) is 57.4 Å². The third kappa shape index (κ3) is 3.30. The molecular weight excluding hydrogens is 352 g/mol. The number of hydrogen-bond donors (Lipinski definition) is 2. The van der Waals surface area contributed by atoms with Gasteiger partial charge in [-0.05, 0) is 48.4 Å². The summed E-state index contributed by atoms with van der Waals surface area (Å²) in [6.07, 6.45) is 0.747. The lowest BCUT2D eigenvalue weighted by molar-refractivity contribution is 0.434. The van der Waals surface area contributed by atoms with Crippen molar-refractivity contribution >= 4 is 38.5 Å². The van der Waals surface area contributed by atoms with Crippen molar-refractivity contribution in [1.82, 2.24) is 5.43 Å². The molecule has 0 amide bonds. The first kappa shape index (κ1) is 14.6. The van der Waals surface area contributed by atoms with Gasteiger partial charge in [0.15, 0.2) is 0 Å². The van der Waals surface area contributed by atoms with E-state index in [9.17, 15) is 0 Å².